The van der Waals surface area contributed by atoms with Gasteiger partial charge in [-0.2, -0.15) is 12.6 Å². The summed E-state index contributed by atoms with van der Waals surface area (Å²) in [4.78, 5) is 2.14. The van der Waals surface area contributed by atoms with Gasteiger partial charge in [0.15, 0.2) is 0 Å². The highest BCUT2D eigenvalue weighted by atomic mass is 32.1. The van der Waals surface area contributed by atoms with Crippen LogP contribution >= 0.6 is 12.6 Å². The van der Waals surface area contributed by atoms with Crippen LogP contribution in [0.3, 0.4) is 0 Å². The summed E-state index contributed by atoms with van der Waals surface area (Å²) in [6.45, 7) is 3.56. The Morgan fingerprint density at radius 2 is 1.80 bits per heavy atom. The van der Waals surface area contributed by atoms with E-state index < -0.39 is 4.75 Å². The molecule has 0 aliphatic rings. The molecule has 0 amide bonds. The molecule has 0 N–H and O–H groups in total. The predicted octanol–water partition coefficient (Wildman–Crippen LogP) is 5.01. The van der Waals surface area contributed by atoms with Crippen LogP contribution in [0.15, 0.2) is 63.4 Å². The Morgan fingerprint density at radius 3 is 2.53 bits per heavy atom. The maximum atomic E-state index is 5.96. The number of ether oxygens (including phenoxy) is 1. The van der Waals surface area contributed by atoms with Gasteiger partial charge < -0.3 is 18.5 Å². The summed E-state index contributed by atoms with van der Waals surface area (Å²) in [7, 11) is 4.11. The molecule has 4 rings (SSSR count). The first-order valence-electron chi connectivity index (χ1n) is 9.87. The van der Waals surface area contributed by atoms with E-state index in [1.54, 1.807) is 0 Å². The average Bonchev–Trinajstić information content (AvgIpc) is 3.39. The Bertz CT molecular complexity index is 1080. The normalized spacial score (nSPS) is 13.6. The second-order valence-electron chi connectivity index (χ2n) is 7.66. The summed E-state index contributed by atoms with van der Waals surface area (Å²) >= 11 is 4.77. The Hall–Kier alpha value is -2.77. The Kier molecular flexibility index (Phi) is 5.83. The van der Waals surface area contributed by atoms with Crippen LogP contribution in [-0.4, -0.2) is 42.3 Å². The lowest BCUT2D eigenvalue weighted by atomic mass is 10.1. The van der Waals surface area contributed by atoms with Crippen LogP contribution in [-0.2, 0) is 4.75 Å². The van der Waals surface area contributed by atoms with Gasteiger partial charge in [0.25, 0.3) is 0 Å². The molecule has 2 aromatic heterocycles. The number of fused-ring (bicyclic) bond motifs is 1. The molecule has 0 saturated heterocycles. The molecule has 156 valence electrons. The number of furan rings is 1. The zero-order valence-electron chi connectivity index (χ0n) is 17.3. The molecule has 0 fully saturated rings. The van der Waals surface area contributed by atoms with Gasteiger partial charge in [-0.05, 0) is 63.8 Å². The first-order valence-corrected chi connectivity index (χ1v) is 10.3. The van der Waals surface area contributed by atoms with Crippen molar-refractivity contribution < 1.29 is 13.6 Å². The summed E-state index contributed by atoms with van der Waals surface area (Å²) in [5.41, 5.74) is 1.62. The van der Waals surface area contributed by atoms with Crippen molar-refractivity contribution in [2.75, 3.05) is 27.2 Å². The lowest BCUT2D eigenvalue weighted by molar-refractivity contribution is 0.281. The van der Waals surface area contributed by atoms with E-state index >= 15 is 0 Å². The van der Waals surface area contributed by atoms with Crippen LogP contribution < -0.4 is 4.74 Å². The van der Waals surface area contributed by atoms with Crippen molar-refractivity contribution >= 4 is 23.6 Å². The fraction of sp³-hybridized carbons (Fsp3) is 0.304. The number of hydrogen-bond donors (Lipinski definition) is 1. The van der Waals surface area contributed by atoms with Crippen LogP contribution in [0.1, 0.15) is 25.0 Å². The summed E-state index contributed by atoms with van der Waals surface area (Å²) in [6.07, 6.45) is 0.976. The molecule has 30 heavy (non-hydrogen) atoms. The molecular weight excluding hydrogens is 398 g/mol. The largest absolute Gasteiger partial charge is 0.494 e. The molecule has 0 bridgehead atoms. The van der Waals surface area contributed by atoms with Crippen molar-refractivity contribution in [2.45, 2.75) is 18.1 Å². The van der Waals surface area contributed by atoms with Crippen molar-refractivity contribution in [3.63, 3.8) is 0 Å². The topological polar surface area (TPSA) is 64.5 Å². The zero-order valence-corrected chi connectivity index (χ0v) is 18.2. The highest BCUT2D eigenvalue weighted by Gasteiger charge is 2.34. The van der Waals surface area contributed by atoms with Crippen molar-refractivity contribution in [3.8, 4) is 17.2 Å². The van der Waals surface area contributed by atoms with Crippen LogP contribution in [0.5, 0.6) is 5.75 Å². The Labute approximate surface area is 181 Å². The van der Waals surface area contributed by atoms with Gasteiger partial charge >= 0.3 is 0 Å². The highest BCUT2D eigenvalue weighted by Crippen LogP contribution is 2.38. The molecule has 7 heteroatoms. The number of aromatic nitrogens is 2. The van der Waals surface area contributed by atoms with Gasteiger partial charge in [-0.15, -0.1) is 10.2 Å². The molecule has 0 aliphatic heterocycles. The molecule has 1 atom stereocenters. The van der Waals surface area contributed by atoms with Crippen LogP contribution in [0, 0.1) is 0 Å². The van der Waals surface area contributed by atoms with Crippen molar-refractivity contribution in [1.29, 1.82) is 0 Å². The highest BCUT2D eigenvalue weighted by molar-refractivity contribution is 7.81. The molecule has 4 aromatic rings. The SMILES string of the molecule is CN(C)CCCOc1ccc(-c2nnc([C@@](C)(S)c3cc4ccccc4o3)o2)cc1. The molecular formula is C23H25N3O3S. The van der Waals surface area contributed by atoms with Crippen molar-refractivity contribution in [3.05, 3.63) is 66.2 Å². The van der Waals surface area contributed by atoms with Crippen LogP contribution in [0.25, 0.3) is 22.4 Å². The van der Waals surface area contributed by atoms with Gasteiger partial charge in [0.2, 0.25) is 11.8 Å². The third-order valence-corrected chi connectivity index (χ3v) is 5.28. The maximum absolute atomic E-state index is 5.96. The fourth-order valence-corrected chi connectivity index (χ4v) is 3.33. The molecule has 2 heterocycles. The van der Waals surface area contributed by atoms with Gasteiger partial charge in [0, 0.05) is 17.5 Å². The van der Waals surface area contributed by atoms with Crippen LogP contribution in [0.4, 0.5) is 0 Å². The molecule has 6 nitrogen and oxygen atoms in total. The minimum atomic E-state index is -0.847. The number of rotatable bonds is 8. The van der Waals surface area contributed by atoms with Crippen molar-refractivity contribution in [2.24, 2.45) is 0 Å². The lowest BCUT2D eigenvalue weighted by Gasteiger charge is -2.15. The molecule has 0 radical (unpaired) electrons. The number of nitrogens with zero attached hydrogens (tertiary/aromatic N) is 3. The molecule has 0 saturated carbocycles. The molecule has 0 unspecified atom stereocenters. The standard InChI is InChI=1S/C23H25N3O3S/c1-23(30,20-15-17-7-4-5-8-19(17)28-20)22-25-24-21(29-22)16-9-11-18(12-10-16)27-14-6-13-26(2)3/h4-5,7-12,15,30H,6,13-14H2,1-3H3/t23-/m0/s1. The van der Waals surface area contributed by atoms with Crippen LogP contribution in [0.2, 0.25) is 0 Å². The molecule has 2 aromatic carbocycles. The number of hydrogen-bond acceptors (Lipinski definition) is 7. The van der Waals surface area contributed by atoms with E-state index in [0.717, 1.165) is 35.2 Å². The van der Waals surface area contributed by atoms with E-state index in [0.29, 0.717) is 24.1 Å². The zero-order chi connectivity index (χ0) is 21.1. The quantitative estimate of drug-likeness (QED) is 0.318. The van der Waals surface area contributed by atoms with E-state index in [4.69, 9.17) is 26.2 Å². The van der Waals surface area contributed by atoms with Gasteiger partial charge in [-0.1, -0.05) is 18.2 Å². The van der Waals surface area contributed by atoms with Gasteiger partial charge in [0.1, 0.15) is 21.8 Å². The minimum absolute atomic E-state index is 0.379. The number of thiol groups is 1. The third kappa shape index (κ3) is 4.37. The first-order chi connectivity index (χ1) is 14.4. The summed E-state index contributed by atoms with van der Waals surface area (Å²) in [6, 6.07) is 17.4. The monoisotopic (exact) mass is 423 g/mol. The smallest absolute Gasteiger partial charge is 0.247 e. The minimum Gasteiger partial charge on any atom is -0.494 e. The van der Waals surface area contributed by atoms with Gasteiger partial charge in [-0.25, -0.2) is 0 Å². The van der Waals surface area contributed by atoms with Gasteiger partial charge in [-0.3, -0.25) is 0 Å². The molecule has 0 spiro atoms. The summed E-state index contributed by atoms with van der Waals surface area (Å²) < 4.78 is 16.8. The van der Waals surface area contributed by atoms with E-state index in [-0.39, 0.29) is 0 Å². The average molecular weight is 424 g/mol. The predicted molar refractivity (Wildman–Crippen MR) is 120 cm³/mol. The van der Waals surface area contributed by atoms with E-state index in [1.807, 2.05) is 61.5 Å². The fourth-order valence-electron chi connectivity index (χ4n) is 3.13. The number of para-hydroxylation sites is 1. The Balaban J connectivity index is 1.48. The first kappa shape index (κ1) is 20.5. The summed E-state index contributed by atoms with van der Waals surface area (Å²) in [5, 5.41) is 9.43. The maximum Gasteiger partial charge on any atom is 0.247 e. The van der Waals surface area contributed by atoms with Gasteiger partial charge in [0.05, 0.1) is 6.61 Å². The number of benzene rings is 2. The van der Waals surface area contributed by atoms with Crippen molar-refractivity contribution in [1.82, 2.24) is 15.1 Å². The Morgan fingerprint density at radius 1 is 1.03 bits per heavy atom. The van der Waals surface area contributed by atoms with E-state index in [1.165, 1.54) is 0 Å². The second-order valence-corrected chi connectivity index (χ2v) is 8.56. The van der Waals surface area contributed by atoms with E-state index in [2.05, 4.69) is 29.2 Å². The summed E-state index contributed by atoms with van der Waals surface area (Å²) in [5.74, 6) is 2.28. The lowest BCUT2D eigenvalue weighted by Crippen LogP contribution is -2.15. The molecule has 0 aliphatic carbocycles. The second kappa shape index (κ2) is 8.53. The van der Waals surface area contributed by atoms with E-state index in [9.17, 15) is 0 Å². The third-order valence-electron chi connectivity index (χ3n) is 4.87.